The van der Waals surface area contributed by atoms with E-state index in [-0.39, 0.29) is 12.1 Å². The van der Waals surface area contributed by atoms with Gasteiger partial charge in [0.1, 0.15) is 0 Å². The first-order valence-corrected chi connectivity index (χ1v) is 7.61. The second-order valence-electron chi connectivity index (χ2n) is 5.08. The van der Waals surface area contributed by atoms with Crippen molar-refractivity contribution in [1.29, 1.82) is 0 Å². The second-order valence-corrected chi connectivity index (χ2v) is 6.00. The molecule has 0 spiro atoms. The molecule has 2 aromatic rings. The molecule has 3 atom stereocenters. The highest BCUT2D eigenvalue weighted by Crippen LogP contribution is 2.21. The number of halogens is 1. The maximum Gasteiger partial charge on any atom is 0.0940 e. The molecule has 0 aliphatic heterocycles. The Kier molecular flexibility index (Phi) is 5.35. The van der Waals surface area contributed by atoms with Crippen LogP contribution in [0.4, 0.5) is 0 Å². The van der Waals surface area contributed by atoms with Crippen molar-refractivity contribution >= 4 is 15.9 Å². The number of aliphatic hydroxyl groups is 1. The van der Waals surface area contributed by atoms with Gasteiger partial charge in [-0.3, -0.25) is 0 Å². The highest BCUT2D eigenvalue weighted by atomic mass is 79.9. The van der Waals surface area contributed by atoms with Gasteiger partial charge in [0, 0.05) is 16.6 Å². The summed E-state index contributed by atoms with van der Waals surface area (Å²) in [4.78, 5) is 0. The molecule has 0 saturated carbocycles. The lowest BCUT2D eigenvalue weighted by atomic mass is 10.0. The van der Waals surface area contributed by atoms with E-state index in [0.29, 0.717) is 0 Å². The lowest BCUT2D eigenvalue weighted by Crippen LogP contribution is -2.34. The third-order valence-corrected chi connectivity index (χ3v) is 4.03. The Labute approximate surface area is 129 Å². The van der Waals surface area contributed by atoms with Crippen molar-refractivity contribution in [2.75, 3.05) is 0 Å². The van der Waals surface area contributed by atoms with Gasteiger partial charge < -0.3 is 10.4 Å². The average molecular weight is 334 g/mol. The van der Waals surface area contributed by atoms with Crippen molar-refractivity contribution in [2.45, 2.75) is 32.0 Å². The fourth-order valence-corrected chi connectivity index (χ4v) is 2.54. The van der Waals surface area contributed by atoms with E-state index < -0.39 is 6.10 Å². The van der Waals surface area contributed by atoms with Crippen molar-refractivity contribution in [1.82, 2.24) is 5.32 Å². The van der Waals surface area contributed by atoms with E-state index in [1.165, 1.54) is 5.56 Å². The Hall–Kier alpha value is -1.16. The topological polar surface area (TPSA) is 32.3 Å². The third-order valence-electron chi connectivity index (χ3n) is 3.50. The highest BCUT2D eigenvalue weighted by Gasteiger charge is 2.18. The van der Waals surface area contributed by atoms with Gasteiger partial charge in [0.2, 0.25) is 0 Å². The van der Waals surface area contributed by atoms with Crippen LogP contribution in [0.15, 0.2) is 59.1 Å². The zero-order chi connectivity index (χ0) is 14.5. The highest BCUT2D eigenvalue weighted by molar-refractivity contribution is 9.10. The predicted molar refractivity (Wildman–Crippen MR) is 86.6 cm³/mol. The summed E-state index contributed by atoms with van der Waals surface area (Å²) in [6.07, 6.45) is -0.505. The van der Waals surface area contributed by atoms with Crippen molar-refractivity contribution in [3.63, 3.8) is 0 Å². The van der Waals surface area contributed by atoms with Crippen LogP contribution < -0.4 is 5.32 Å². The predicted octanol–water partition coefficient (Wildman–Crippen LogP) is 4.22. The molecule has 2 nitrogen and oxygen atoms in total. The van der Waals surface area contributed by atoms with Gasteiger partial charge in [-0.2, -0.15) is 0 Å². The molecule has 0 radical (unpaired) electrons. The number of benzene rings is 2. The molecule has 106 valence electrons. The summed E-state index contributed by atoms with van der Waals surface area (Å²) in [5.74, 6) is 0. The number of nitrogens with one attached hydrogen (secondary N) is 1. The molecule has 2 aromatic carbocycles. The molecule has 2 rings (SSSR count). The van der Waals surface area contributed by atoms with Gasteiger partial charge in [0.05, 0.1) is 6.10 Å². The summed E-state index contributed by atoms with van der Waals surface area (Å²) >= 11 is 3.44. The van der Waals surface area contributed by atoms with Gasteiger partial charge in [0.25, 0.3) is 0 Å². The van der Waals surface area contributed by atoms with Crippen LogP contribution in [0.1, 0.15) is 37.1 Å². The van der Waals surface area contributed by atoms with Crippen molar-refractivity contribution in [3.8, 4) is 0 Å². The minimum atomic E-state index is -0.505. The van der Waals surface area contributed by atoms with Crippen LogP contribution in [-0.2, 0) is 0 Å². The summed E-state index contributed by atoms with van der Waals surface area (Å²) in [6.45, 7) is 4.12. The fraction of sp³-hybridized carbons (Fsp3) is 0.294. The van der Waals surface area contributed by atoms with Gasteiger partial charge in [-0.05, 0) is 37.1 Å². The molecular weight excluding hydrogens is 314 g/mol. The minimum absolute atomic E-state index is 0.0175. The van der Waals surface area contributed by atoms with Gasteiger partial charge in [-0.25, -0.2) is 0 Å². The first-order chi connectivity index (χ1) is 9.58. The number of hydrogen-bond donors (Lipinski definition) is 2. The molecule has 0 aliphatic carbocycles. The SMILES string of the molecule is C[C@H](N[C@@H](C)[C@H](O)c1ccccc1)c1ccc(Br)cc1. The molecule has 2 N–H and O–H groups in total. The zero-order valence-electron chi connectivity index (χ0n) is 11.8. The fourth-order valence-electron chi connectivity index (χ4n) is 2.27. The lowest BCUT2D eigenvalue weighted by molar-refractivity contribution is 0.130. The van der Waals surface area contributed by atoms with Crippen LogP contribution in [0.5, 0.6) is 0 Å². The van der Waals surface area contributed by atoms with E-state index in [0.717, 1.165) is 10.0 Å². The number of rotatable bonds is 5. The first kappa shape index (κ1) is 15.2. The van der Waals surface area contributed by atoms with Crippen LogP contribution in [0.3, 0.4) is 0 Å². The molecule has 0 bridgehead atoms. The maximum atomic E-state index is 10.4. The molecule has 0 saturated heterocycles. The Morgan fingerprint density at radius 3 is 2.10 bits per heavy atom. The normalized spacial score (nSPS) is 15.6. The van der Waals surface area contributed by atoms with Gasteiger partial charge in [0.15, 0.2) is 0 Å². The van der Waals surface area contributed by atoms with Crippen LogP contribution in [0.2, 0.25) is 0 Å². The van der Waals surface area contributed by atoms with Crippen LogP contribution >= 0.6 is 15.9 Å². The van der Waals surface area contributed by atoms with Crippen molar-refractivity contribution in [2.24, 2.45) is 0 Å². The van der Waals surface area contributed by atoms with Crippen molar-refractivity contribution in [3.05, 3.63) is 70.2 Å². The molecule has 0 aromatic heterocycles. The minimum Gasteiger partial charge on any atom is -0.387 e. The Morgan fingerprint density at radius 1 is 0.900 bits per heavy atom. The van der Waals surface area contributed by atoms with Crippen molar-refractivity contribution < 1.29 is 5.11 Å². The number of aliphatic hydroxyl groups excluding tert-OH is 1. The molecule has 20 heavy (non-hydrogen) atoms. The summed E-state index contributed by atoms with van der Waals surface area (Å²) in [7, 11) is 0. The Morgan fingerprint density at radius 2 is 1.50 bits per heavy atom. The van der Waals surface area contributed by atoms with E-state index in [4.69, 9.17) is 0 Å². The summed E-state index contributed by atoms with van der Waals surface area (Å²) < 4.78 is 1.07. The monoisotopic (exact) mass is 333 g/mol. The largest absolute Gasteiger partial charge is 0.387 e. The van der Waals surface area contributed by atoms with Crippen LogP contribution in [0.25, 0.3) is 0 Å². The van der Waals surface area contributed by atoms with Gasteiger partial charge in [-0.15, -0.1) is 0 Å². The zero-order valence-corrected chi connectivity index (χ0v) is 13.3. The molecule has 0 unspecified atom stereocenters. The molecule has 0 heterocycles. The number of hydrogen-bond acceptors (Lipinski definition) is 2. The van der Waals surface area contributed by atoms with E-state index in [1.807, 2.05) is 49.4 Å². The van der Waals surface area contributed by atoms with Gasteiger partial charge >= 0.3 is 0 Å². The maximum absolute atomic E-state index is 10.4. The van der Waals surface area contributed by atoms with Gasteiger partial charge in [-0.1, -0.05) is 58.4 Å². The molecule has 0 aliphatic rings. The first-order valence-electron chi connectivity index (χ1n) is 6.82. The molecule has 0 amide bonds. The summed E-state index contributed by atoms with van der Waals surface area (Å²) in [6, 6.07) is 18.2. The van der Waals surface area contributed by atoms with E-state index in [2.05, 4.69) is 40.3 Å². The molecule has 3 heteroatoms. The third kappa shape index (κ3) is 3.92. The quantitative estimate of drug-likeness (QED) is 0.858. The van der Waals surface area contributed by atoms with E-state index in [1.54, 1.807) is 0 Å². The van der Waals surface area contributed by atoms with E-state index >= 15 is 0 Å². The Balaban J connectivity index is 2.00. The van der Waals surface area contributed by atoms with Crippen LogP contribution in [-0.4, -0.2) is 11.1 Å². The van der Waals surface area contributed by atoms with E-state index in [9.17, 15) is 5.11 Å². The summed E-state index contributed by atoms with van der Waals surface area (Å²) in [5, 5.41) is 13.8. The average Bonchev–Trinajstić information content (AvgIpc) is 2.48. The summed E-state index contributed by atoms with van der Waals surface area (Å²) in [5.41, 5.74) is 2.15. The molecule has 0 fully saturated rings. The second kappa shape index (κ2) is 7.02. The standard InChI is InChI=1S/C17H20BrNO/c1-12(14-8-10-16(18)11-9-14)19-13(2)17(20)15-6-4-3-5-7-15/h3-13,17,19-20H,1-2H3/t12-,13-,17-/m0/s1. The Bertz CT molecular complexity index is 526. The lowest BCUT2D eigenvalue weighted by Gasteiger charge is -2.25. The van der Waals surface area contributed by atoms with Crippen LogP contribution in [0, 0.1) is 0 Å². The molecular formula is C17H20BrNO. The smallest absolute Gasteiger partial charge is 0.0940 e.